The molecule has 2 aromatic heterocycles. The lowest BCUT2D eigenvalue weighted by Gasteiger charge is -2.05. The fourth-order valence-corrected chi connectivity index (χ4v) is 1.60. The normalized spacial score (nSPS) is 10.1. The van der Waals surface area contributed by atoms with E-state index < -0.39 is 0 Å². The minimum atomic E-state index is -0.275. The van der Waals surface area contributed by atoms with Crippen LogP contribution in [0.15, 0.2) is 24.4 Å². The molecule has 2 aromatic rings. The fraction of sp³-hybridized carbons (Fsp3) is 0.231. The number of aryl methyl sites for hydroxylation is 1. The van der Waals surface area contributed by atoms with E-state index >= 15 is 0 Å². The van der Waals surface area contributed by atoms with E-state index in [9.17, 15) is 9.59 Å². The van der Waals surface area contributed by atoms with E-state index in [1.165, 1.54) is 13.1 Å². The molecule has 0 aromatic carbocycles. The summed E-state index contributed by atoms with van der Waals surface area (Å²) in [6, 6.07) is 4.97. The van der Waals surface area contributed by atoms with Gasteiger partial charge in [-0.3, -0.25) is 19.7 Å². The first-order chi connectivity index (χ1) is 9.54. The van der Waals surface area contributed by atoms with Crippen LogP contribution >= 0.6 is 0 Å². The molecule has 0 aliphatic carbocycles. The highest BCUT2D eigenvalue weighted by Gasteiger charge is 2.09. The van der Waals surface area contributed by atoms with E-state index in [1.807, 2.05) is 6.92 Å². The number of pyridine rings is 1. The lowest BCUT2D eigenvalue weighted by molar-refractivity contribution is -0.119. The molecule has 7 nitrogen and oxygen atoms in total. The highest BCUT2D eigenvalue weighted by molar-refractivity contribution is 6.03. The van der Waals surface area contributed by atoms with Crippen LogP contribution in [0.3, 0.4) is 0 Å². The summed E-state index contributed by atoms with van der Waals surface area (Å²) < 4.78 is 0. The van der Waals surface area contributed by atoms with Gasteiger partial charge in [-0.25, -0.2) is 0 Å². The van der Waals surface area contributed by atoms with Crippen LogP contribution in [0, 0.1) is 6.92 Å². The van der Waals surface area contributed by atoms with Crippen LogP contribution in [0.4, 0.5) is 5.82 Å². The third-order valence-electron chi connectivity index (χ3n) is 2.54. The first-order valence-electron chi connectivity index (χ1n) is 6.07. The van der Waals surface area contributed by atoms with Crippen molar-refractivity contribution in [1.82, 2.24) is 20.5 Å². The Morgan fingerprint density at radius 1 is 1.35 bits per heavy atom. The molecule has 3 N–H and O–H groups in total. The van der Waals surface area contributed by atoms with Crippen molar-refractivity contribution in [1.29, 1.82) is 0 Å². The topological polar surface area (TPSA) is 99.8 Å². The Labute approximate surface area is 115 Å². The molecule has 0 spiro atoms. The smallest absolute Gasteiger partial charge is 0.256 e. The molecule has 0 unspecified atom stereocenters. The third kappa shape index (κ3) is 3.64. The number of rotatable bonds is 4. The summed E-state index contributed by atoms with van der Waals surface area (Å²) in [7, 11) is 0. The van der Waals surface area contributed by atoms with Crippen molar-refractivity contribution in [3.63, 3.8) is 0 Å². The summed E-state index contributed by atoms with van der Waals surface area (Å²) in [5.41, 5.74) is 1.94. The molecule has 2 amide bonds. The van der Waals surface area contributed by atoms with E-state index in [2.05, 4.69) is 25.8 Å². The number of aromatic nitrogens is 3. The molecule has 0 aliphatic rings. The zero-order valence-corrected chi connectivity index (χ0v) is 11.2. The van der Waals surface area contributed by atoms with Gasteiger partial charge in [-0.1, -0.05) is 0 Å². The van der Waals surface area contributed by atoms with Gasteiger partial charge in [-0.15, -0.1) is 0 Å². The second-order valence-corrected chi connectivity index (χ2v) is 4.34. The number of hydrogen-bond donors (Lipinski definition) is 3. The highest BCUT2D eigenvalue weighted by atomic mass is 16.2. The van der Waals surface area contributed by atoms with E-state index in [0.29, 0.717) is 17.1 Å². The zero-order chi connectivity index (χ0) is 14.5. The average molecular weight is 273 g/mol. The molecule has 0 atom stereocenters. The number of aromatic amines is 1. The summed E-state index contributed by atoms with van der Waals surface area (Å²) in [6.07, 6.45) is 1.53. The van der Waals surface area contributed by atoms with Crippen molar-refractivity contribution in [3.05, 3.63) is 41.3 Å². The predicted molar refractivity (Wildman–Crippen MR) is 73.0 cm³/mol. The third-order valence-corrected chi connectivity index (χ3v) is 2.54. The van der Waals surface area contributed by atoms with Gasteiger partial charge < -0.3 is 10.6 Å². The molecule has 0 bridgehead atoms. The Morgan fingerprint density at radius 2 is 2.15 bits per heavy atom. The molecule has 20 heavy (non-hydrogen) atoms. The molecular formula is C13H15N5O2. The number of amides is 2. The summed E-state index contributed by atoms with van der Waals surface area (Å²) in [6.45, 7) is 3.56. The van der Waals surface area contributed by atoms with Crippen LogP contribution in [0.5, 0.6) is 0 Å². The lowest BCUT2D eigenvalue weighted by Crippen LogP contribution is -2.20. The molecule has 0 fully saturated rings. The first kappa shape index (κ1) is 13.7. The standard InChI is InChI=1S/C13H15N5O2/c1-8-5-12(18-17-8)16-13(20)10-3-4-14-11(6-10)7-15-9(2)19/h3-6H,7H2,1-2H3,(H,15,19)(H2,16,17,18,20). The number of carbonyl (C=O) groups excluding carboxylic acids is 2. The monoisotopic (exact) mass is 273 g/mol. The first-order valence-corrected chi connectivity index (χ1v) is 6.07. The highest BCUT2D eigenvalue weighted by Crippen LogP contribution is 2.08. The molecule has 2 heterocycles. The largest absolute Gasteiger partial charge is 0.351 e. The van der Waals surface area contributed by atoms with Crippen molar-refractivity contribution in [2.75, 3.05) is 5.32 Å². The number of nitrogens with one attached hydrogen (secondary N) is 3. The Hall–Kier alpha value is -2.70. The predicted octanol–water partition coefficient (Wildman–Crippen LogP) is 1.00. The van der Waals surface area contributed by atoms with E-state index in [1.54, 1.807) is 18.2 Å². The second-order valence-electron chi connectivity index (χ2n) is 4.34. The number of anilines is 1. The Bertz CT molecular complexity index is 635. The van der Waals surface area contributed by atoms with Gasteiger partial charge in [0.15, 0.2) is 5.82 Å². The van der Waals surface area contributed by atoms with Crippen molar-refractivity contribution >= 4 is 17.6 Å². The number of hydrogen-bond acceptors (Lipinski definition) is 4. The minimum absolute atomic E-state index is 0.145. The van der Waals surface area contributed by atoms with Crippen LogP contribution in [-0.2, 0) is 11.3 Å². The lowest BCUT2D eigenvalue weighted by atomic mass is 10.2. The van der Waals surface area contributed by atoms with E-state index in [4.69, 9.17) is 0 Å². The molecule has 0 radical (unpaired) electrons. The van der Waals surface area contributed by atoms with Gasteiger partial charge in [-0.05, 0) is 19.1 Å². The van der Waals surface area contributed by atoms with Crippen LogP contribution < -0.4 is 10.6 Å². The van der Waals surface area contributed by atoms with Crippen molar-refractivity contribution in [2.24, 2.45) is 0 Å². The van der Waals surface area contributed by atoms with E-state index in [0.717, 1.165) is 5.69 Å². The molecule has 0 aliphatic heterocycles. The van der Waals surface area contributed by atoms with Gasteiger partial charge in [-0.2, -0.15) is 5.10 Å². The van der Waals surface area contributed by atoms with Crippen molar-refractivity contribution in [3.8, 4) is 0 Å². The summed E-state index contributed by atoms with van der Waals surface area (Å²) in [5.74, 6) is 0.0457. The van der Waals surface area contributed by atoms with Crippen LogP contribution in [-0.4, -0.2) is 27.0 Å². The van der Waals surface area contributed by atoms with Crippen molar-refractivity contribution in [2.45, 2.75) is 20.4 Å². The SMILES string of the molecule is CC(=O)NCc1cc(C(=O)Nc2cc(C)[nH]n2)ccn1. The van der Waals surface area contributed by atoms with Gasteiger partial charge in [0.25, 0.3) is 5.91 Å². The van der Waals surface area contributed by atoms with Gasteiger partial charge in [0.2, 0.25) is 5.91 Å². The maximum atomic E-state index is 12.0. The fourth-order valence-electron chi connectivity index (χ4n) is 1.60. The maximum absolute atomic E-state index is 12.0. The van der Waals surface area contributed by atoms with E-state index in [-0.39, 0.29) is 18.4 Å². The van der Waals surface area contributed by atoms with Crippen LogP contribution in [0.1, 0.15) is 28.7 Å². The van der Waals surface area contributed by atoms with Crippen LogP contribution in [0.2, 0.25) is 0 Å². The average Bonchev–Trinajstić information content (AvgIpc) is 2.82. The number of H-pyrrole nitrogens is 1. The van der Waals surface area contributed by atoms with Gasteiger partial charge in [0.05, 0.1) is 12.2 Å². The minimum Gasteiger partial charge on any atom is -0.351 e. The Morgan fingerprint density at radius 3 is 2.80 bits per heavy atom. The van der Waals surface area contributed by atoms with Gasteiger partial charge >= 0.3 is 0 Å². The summed E-state index contributed by atoms with van der Waals surface area (Å²) in [4.78, 5) is 27.0. The molecule has 104 valence electrons. The zero-order valence-electron chi connectivity index (χ0n) is 11.2. The second kappa shape index (κ2) is 5.96. The molecular weight excluding hydrogens is 258 g/mol. The number of carbonyl (C=O) groups is 2. The molecule has 0 saturated heterocycles. The summed E-state index contributed by atoms with van der Waals surface area (Å²) in [5, 5.41) is 12.0. The van der Waals surface area contributed by atoms with Gasteiger partial charge in [0, 0.05) is 30.4 Å². The molecule has 2 rings (SSSR count). The quantitative estimate of drug-likeness (QED) is 0.773. The molecule has 7 heteroatoms. The maximum Gasteiger partial charge on any atom is 0.256 e. The summed E-state index contributed by atoms with van der Waals surface area (Å²) >= 11 is 0. The van der Waals surface area contributed by atoms with Crippen molar-refractivity contribution < 1.29 is 9.59 Å². The van der Waals surface area contributed by atoms with Crippen LogP contribution in [0.25, 0.3) is 0 Å². The Kier molecular flexibility index (Phi) is 4.09. The number of nitrogens with zero attached hydrogens (tertiary/aromatic N) is 2. The molecule has 0 saturated carbocycles. The Balaban J connectivity index is 2.06. The van der Waals surface area contributed by atoms with Gasteiger partial charge in [0.1, 0.15) is 0 Å².